The summed E-state index contributed by atoms with van der Waals surface area (Å²) < 4.78 is 6.87. The third kappa shape index (κ3) is 3.23. The lowest BCUT2D eigenvalue weighted by Gasteiger charge is -2.06. The Morgan fingerprint density at radius 3 is 2.38 bits per heavy atom. The van der Waals surface area contributed by atoms with Gasteiger partial charge >= 0.3 is 5.97 Å². The number of nitrogen functional groups attached to an aromatic ring is 1. The Balaban J connectivity index is 2.22. The summed E-state index contributed by atoms with van der Waals surface area (Å²) in [5.41, 5.74) is 7.87. The number of thiazole rings is 1. The molecule has 0 aliphatic heterocycles. The molecule has 3 rings (SSSR count). The minimum Gasteiger partial charge on any atom is -0.462 e. The third-order valence-electron chi connectivity index (χ3n) is 3.31. The molecule has 0 atom stereocenters. The Labute approximate surface area is 143 Å². The summed E-state index contributed by atoms with van der Waals surface area (Å²) in [6.07, 6.45) is 0. The van der Waals surface area contributed by atoms with Gasteiger partial charge in [-0.15, -0.1) is 0 Å². The van der Waals surface area contributed by atoms with Gasteiger partial charge in [-0.05, 0) is 31.2 Å². The smallest absolute Gasteiger partial charge is 0.352 e. The normalized spacial score (nSPS) is 11.5. The van der Waals surface area contributed by atoms with Crippen molar-refractivity contribution in [3.05, 3.63) is 70.3 Å². The zero-order chi connectivity index (χ0) is 16.9. The van der Waals surface area contributed by atoms with E-state index in [0.717, 1.165) is 11.4 Å². The minimum absolute atomic E-state index is 0.298. The highest BCUT2D eigenvalue weighted by Crippen LogP contribution is 2.22. The van der Waals surface area contributed by atoms with Crippen LogP contribution in [0.4, 0.5) is 11.5 Å². The summed E-state index contributed by atoms with van der Waals surface area (Å²) in [7, 11) is 0. The molecule has 6 heteroatoms. The van der Waals surface area contributed by atoms with Crippen molar-refractivity contribution in [2.75, 3.05) is 12.3 Å². The van der Waals surface area contributed by atoms with E-state index in [4.69, 9.17) is 10.5 Å². The Kier molecular flexibility index (Phi) is 4.77. The van der Waals surface area contributed by atoms with E-state index in [1.165, 1.54) is 11.3 Å². The van der Waals surface area contributed by atoms with Gasteiger partial charge in [0.05, 0.1) is 12.3 Å². The molecular formula is C18H17N3O2S. The average Bonchev–Trinajstić information content (AvgIpc) is 2.93. The fourth-order valence-electron chi connectivity index (χ4n) is 2.25. The van der Waals surface area contributed by atoms with Crippen LogP contribution < -0.4 is 10.5 Å². The Hall–Kier alpha value is -2.86. The van der Waals surface area contributed by atoms with E-state index in [1.807, 2.05) is 60.7 Å². The fourth-order valence-corrected chi connectivity index (χ4v) is 3.22. The zero-order valence-corrected chi connectivity index (χ0v) is 14.0. The molecule has 0 saturated carbocycles. The summed E-state index contributed by atoms with van der Waals surface area (Å²) >= 11 is 1.22. The molecule has 0 spiro atoms. The van der Waals surface area contributed by atoms with Crippen molar-refractivity contribution in [1.82, 2.24) is 4.57 Å². The Morgan fingerprint density at radius 1 is 1.12 bits per heavy atom. The number of nitrogens with zero attached hydrogens (tertiary/aromatic N) is 2. The Morgan fingerprint density at radius 2 is 1.75 bits per heavy atom. The van der Waals surface area contributed by atoms with Crippen LogP contribution in [0, 0.1) is 0 Å². The van der Waals surface area contributed by atoms with Crippen LogP contribution in [0.15, 0.2) is 65.7 Å². The number of carbonyl (C=O) groups excluding carboxylic acids is 1. The number of hydrogen-bond donors (Lipinski definition) is 1. The van der Waals surface area contributed by atoms with Crippen LogP contribution in [0.2, 0.25) is 0 Å². The van der Waals surface area contributed by atoms with E-state index in [2.05, 4.69) is 4.99 Å². The van der Waals surface area contributed by atoms with Crippen molar-refractivity contribution in [3.8, 4) is 5.69 Å². The molecule has 24 heavy (non-hydrogen) atoms. The monoisotopic (exact) mass is 339 g/mol. The molecule has 0 radical (unpaired) electrons. The molecule has 2 N–H and O–H groups in total. The van der Waals surface area contributed by atoms with Crippen LogP contribution in [-0.2, 0) is 4.74 Å². The van der Waals surface area contributed by atoms with E-state index in [-0.39, 0.29) is 0 Å². The molecule has 2 aromatic carbocycles. The highest BCUT2D eigenvalue weighted by atomic mass is 32.1. The third-order valence-corrected chi connectivity index (χ3v) is 4.35. The van der Waals surface area contributed by atoms with E-state index in [1.54, 1.807) is 11.5 Å². The van der Waals surface area contributed by atoms with Crippen molar-refractivity contribution >= 4 is 28.8 Å². The van der Waals surface area contributed by atoms with Gasteiger partial charge in [0.25, 0.3) is 0 Å². The number of hydrogen-bond acceptors (Lipinski definition) is 5. The van der Waals surface area contributed by atoms with Crippen molar-refractivity contribution in [3.63, 3.8) is 0 Å². The molecule has 1 heterocycles. The average molecular weight is 339 g/mol. The van der Waals surface area contributed by atoms with E-state index < -0.39 is 5.97 Å². The fraction of sp³-hybridized carbons (Fsp3) is 0.111. The van der Waals surface area contributed by atoms with E-state index in [9.17, 15) is 4.79 Å². The van der Waals surface area contributed by atoms with Crippen molar-refractivity contribution in [1.29, 1.82) is 0 Å². The van der Waals surface area contributed by atoms with Crippen LogP contribution in [-0.4, -0.2) is 17.1 Å². The predicted molar refractivity (Wildman–Crippen MR) is 95.7 cm³/mol. The molecule has 0 amide bonds. The first-order valence-electron chi connectivity index (χ1n) is 7.54. The molecule has 0 saturated heterocycles. The molecule has 0 bridgehead atoms. The molecule has 122 valence electrons. The molecule has 0 unspecified atom stereocenters. The molecule has 0 fully saturated rings. The number of esters is 1. The maximum absolute atomic E-state index is 12.2. The van der Waals surface area contributed by atoms with Gasteiger partial charge in [-0.2, -0.15) is 0 Å². The zero-order valence-electron chi connectivity index (χ0n) is 13.2. The van der Waals surface area contributed by atoms with E-state index in [0.29, 0.717) is 22.1 Å². The molecule has 0 aliphatic carbocycles. The van der Waals surface area contributed by atoms with Crippen LogP contribution in [0.1, 0.15) is 16.6 Å². The second-order valence-electron chi connectivity index (χ2n) is 4.94. The standard InChI is InChI=1S/C18H17N3O2S/c1-2-23-17(22)15-16(19)21(14-11-7-4-8-12-14)18(24-15)20-13-9-5-3-6-10-13/h3-12H,2,19H2,1H3. The largest absolute Gasteiger partial charge is 0.462 e. The Bertz CT molecular complexity index is 899. The maximum Gasteiger partial charge on any atom is 0.352 e. The van der Waals surface area contributed by atoms with Crippen LogP contribution >= 0.6 is 11.3 Å². The molecular weight excluding hydrogens is 322 g/mol. The first kappa shape index (κ1) is 16.0. The topological polar surface area (TPSA) is 69.6 Å². The summed E-state index contributed by atoms with van der Waals surface area (Å²) in [5.74, 6) is -0.0986. The quantitative estimate of drug-likeness (QED) is 0.739. The molecule has 0 aliphatic rings. The van der Waals surface area contributed by atoms with Crippen LogP contribution in [0.5, 0.6) is 0 Å². The van der Waals surface area contributed by atoms with Gasteiger partial charge in [-0.1, -0.05) is 47.7 Å². The van der Waals surface area contributed by atoms with Gasteiger partial charge in [0.15, 0.2) is 9.68 Å². The molecule has 1 aromatic heterocycles. The number of aromatic nitrogens is 1. The number of para-hydroxylation sites is 2. The van der Waals surface area contributed by atoms with Gasteiger partial charge in [0.1, 0.15) is 5.82 Å². The number of ether oxygens (including phenoxy) is 1. The second kappa shape index (κ2) is 7.14. The van der Waals surface area contributed by atoms with Crippen molar-refractivity contribution in [2.45, 2.75) is 6.92 Å². The number of nitrogens with two attached hydrogens (primary N) is 1. The van der Waals surface area contributed by atoms with Crippen LogP contribution in [0.25, 0.3) is 5.69 Å². The lowest BCUT2D eigenvalue weighted by Crippen LogP contribution is -2.15. The van der Waals surface area contributed by atoms with E-state index >= 15 is 0 Å². The summed E-state index contributed by atoms with van der Waals surface area (Å²) in [4.78, 5) is 17.8. The minimum atomic E-state index is -0.431. The van der Waals surface area contributed by atoms with Crippen molar-refractivity contribution in [2.24, 2.45) is 4.99 Å². The van der Waals surface area contributed by atoms with Gasteiger partial charge < -0.3 is 10.5 Å². The number of benzene rings is 2. The highest BCUT2D eigenvalue weighted by Gasteiger charge is 2.19. The highest BCUT2D eigenvalue weighted by molar-refractivity contribution is 7.11. The van der Waals surface area contributed by atoms with Crippen LogP contribution in [0.3, 0.4) is 0 Å². The number of anilines is 1. The maximum atomic E-state index is 12.2. The summed E-state index contributed by atoms with van der Waals surface area (Å²) in [5, 5.41) is 0. The first-order valence-corrected chi connectivity index (χ1v) is 8.36. The first-order chi connectivity index (χ1) is 11.7. The SMILES string of the molecule is CCOC(=O)c1sc(=Nc2ccccc2)n(-c2ccccc2)c1N. The second-order valence-corrected chi connectivity index (χ2v) is 5.92. The lowest BCUT2D eigenvalue weighted by atomic mass is 10.3. The predicted octanol–water partition coefficient (Wildman–Crippen LogP) is 3.53. The number of carbonyl (C=O) groups is 1. The van der Waals surface area contributed by atoms with Gasteiger partial charge in [-0.3, -0.25) is 4.57 Å². The van der Waals surface area contributed by atoms with Gasteiger partial charge in [-0.25, -0.2) is 9.79 Å². The molecule has 3 aromatic rings. The van der Waals surface area contributed by atoms with Gasteiger partial charge in [0.2, 0.25) is 0 Å². The molecule has 5 nitrogen and oxygen atoms in total. The lowest BCUT2D eigenvalue weighted by molar-refractivity contribution is 0.0533. The summed E-state index contributed by atoms with van der Waals surface area (Å²) in [6.45, 7) is 2.06. The van der Waals surface area contributed by atoms with Crippen molar-refractivity contribution < 1.29 is 9.53 Å². The summed E-state index contributed by atoms with van der Waals surface area (Å²) in [6, 6.07) is 19.1. The van der Waals surface area contributed by atoms with Gasteiger partial charge in [0, 0.05) is 5.69 Å². The number of rotatable bonds is 4.